The highest BCUT2D eigenvalue weighted by Gasteiger charge is 2.14. The Balaban J connectivity index is 1.77. The van der Waals surface area contributed by atoms with Crippen molar-refractivity contribution in [2.45, 2.75) is 6.92 Å². The van der Waals surface area contributed by atoms with Crippen LogP contribution in [0.1, 0.15) is 15.9 Å². The lowest BCUT2D eigenvalue weighted by Crippen LogP contribution is -2.46. The van der Waals surface area contributed by atoms with E-state index in [9.17, 15) is 4.79 Å². The van der Waals surface area contributed by atoms with E-state index in [1.54, 1.807) is 6.07 Å². The molecule has 1 heterocycles. The SMILES string of the molecule is Cc1ccc(C(=O)NCCN2CCN(C)CC2)c(Cl)c1. The van der Waals surface area contributed by atoms with Gasteiger partial charge in [0.1, 0.15) is 0 Å². The van der Waals surface area contributed by atoms with Crippen LogP contribution in [0.25, 0.3) is 0 Å². The van der Waals surface area contributed by atoms with Crippen molar-refractivity contribution in [3.8, 4) is 0 Å². The lowest BCUT2D eigenvalue weighted by molar-refractivity contribution is 0.0941. The molecule has 20 heavy (non-hydrogen) atoms. The van der Waals surface area contributed by atoms with Crippen LogP contribution in [0.5, 0.6) is 0 Å². The van der Waals surface area contributed by atoms with Crippen LogP contribution in [0.15, 0.2) is 18.2 Å². The van der Waals surface area contributed by atoms with E-state index in [0.717, 1.165) is 38.3 Å². The summed E-state index contributed by atoms with van der Waals surface area (Å²) in [6.45, 7) is 7.83. The number of nitrogens with one attached hydrogen (secondary N) is 1. The Labute approximate surface area is 125 Å². The summed E-state index contributed by atoms with van der Waals surface area (Å²) in [5.41, 5.74) is 1.61. The Bertz CT molecular complexity index is 470. The number of amides is 1. The third-order valence-electron chi connectivity index (χ3n) is 3.68. The van der Waals surface area contributed by atoms with Crippen LogP contribution in [0.2, 0.25) is 5.02 Å². The van der Waals surface area contributed by atoms with Crippen LogP contribution in [0.3, 0.4) is 0 Å². The standard InChI is InChI=1S/C15H22ClN3O/c1-12-3-4-13(14(16)11-12)15(20)17-5-6-19-9-7-18(2)8-10-19/h3-4,11H,5-10H2,1-2H3,(H,17,20). The molecular formula is C15H22ClN3O. The number of hydrogen-bond donors (Lipinski definition) is 1. The average Bonchev–Trinajstić information content (AvgIpc) is 2.41. The van der Waals surface area contributed by atoms with Crippen molar-refractivity contribution in [2.75, 3.05) is 46.3 Å². The summed E-state index contributed by atoms with van der Waals surface area (Å²) in [7, 11) is 2.14. The van der Waals surface area contributed by atoms with Crippen molar-refractivity contribution in [1.82, 2.24) is 15.1 Å². The highest BCUT2D eigenvalue weighted by Crippen LogP contribution is 2.17. The van der Waals surface area contributed by atoms with Gasteiger partial charge in [-0.05, 0) is 31.7 Å². The minimum absolute atomic E-state index is 0.0934. The number of carbonyl (C=O) groups excluding carboxylic acids is 1. The van der Waals surface area contributed by atoms with Crippen molar-refractivity contribution in [2.24, 2.45) is 0 Å². The van der Waals surface area contributed by atoms with E-state index in [1.807, 2.05) is 19.1 Å². The van der Waals surface area contributed by atoms with Crippen molar-refractivity contribution >= 4 is 17.5 Å². The molecule has 2 rings (SSSR count). The van der Waals surface area contributed by atoms with Crippen LogP contribution >= 0.6 is 11.6 Å². The first-order chi connectivity index (χ1) is 9.56. The second-order valence-electron chi connectivity index (χ2n) is 5.38. The molecule has 0 aliphatic carbocycles. The molecule has 1 aliphatic rings. The zero-order valence-electron chi connectivity index (χ0n) is 12.2. The Hall–Kier alpha value is -1.10. The second-order valence-corrected chi connectivity index (χ2v) is 5.79. The fourth-order valence-corrected chi connectivity index (χ4v) is 2.62. The van der Waals surface area contributed by atoms with Crippen LogP contribution in [0.4, 0.5) is 0 Å². The van der Waals surface area contributed by atoms with Crippen molar-refractivity contribution in [3.05, 3.63) is 34.3 Å². The fraction of sp³-hybridized carbons (Fsp3) is 0.533. The lowest BCUT2D eigenvalue weighted by Gasteiger charge is -2.32. The van der Waals surface area contributed by atoms with E-state index >= 15 is 0 Å². The van der Waals surface area contributed by atoms with Gasteiger partial charge >= 0.3 is 0 Å². The van der Waals surface area contributed by atoms with E-state index in [1.165, 1.54) is 0 Å². The molecule has 110 valence electrons. The van der Waals surface area contributed by atoms with Gasteiger partial charge in [0.2, 0.25) is 0 Å². The summed E-state index contributed by atoms with van der Waals surface area (Å²) in [4.78, 5) is 16.7. The summed E-state index contributed by atoms with van der Waals surface area (Å²) in [6, 6.07) is 5.50. The summed E-state index contributed by atoms with van der Waals surface area (Å²) in [6.07, 6.45) is 0. The first kappa shape index (κ1) is 15.3. The Morgan fingerprint density at radius 3 is 2.65 bits per heavy atom. The summed E-state index contributed by atoms with van der Waals surface area (Å²) in [5.74, 6) is -0.0934. The van der Waals surface area contributed by atoms with Gasteiger partial charge < -0.3 is 10.2 Å². The van der Waals surface area contributed by atoms with Gasteiger partial charge in [0, 0.05) is 39.3 Å². The van der Waals surface area contributed by atoms with Gasteiger partial charge in [-0.1, -0.05) is 17.7 Å². The van der Waals surface area contributed by atoms with Gasteiger partial charge in [-0.2, -0.15) is 0 Å². The van der Waals surface area contributed by atoms with Gasteiger partial charge in [-0.3, -0.25) is 9.69 Å². The maximum atomic E-state index is 12.0. The van der Waals surface area contributed by atoms with E-state index in [-0.39, 0.29) is 5.91 Å². The molecule has 5 heteroatoms. The molecule has 4 nitrogen and oxygen atoms in total. The van der Waals surface area contributed by atoms with Crippen molar-refractivity contribution < 1.29 is 4.79 Å². The molecule has 1 N–H and O–H groups in total. The number of benzene rings is 1. The third-order valence-corrected chi connectivity index (χ3v) is 3.99. The Morgan fingerprint density at radius 1 is 1.30 bits per heavy atom. The largest absolute Gasteiger partial charge is 0.351 e. The average molecular weight is 296 g/mol. The number of hydrogen-bond acceptors (Lipinski definition) is 3. The molecule has 1 aliphatic heterocycles. The predicted molar refractivity (Wildman–Crippen MR) is 82.5 cm³/mol. The normalized spacial score (nSPS) is 17.1. The molecule has 1 fully saturated rings. The van der Waals surface area contributed by atoms with Gasteiger partial charge in [0.15, 0.2) is 0 Å². The van der Waals surface area contributed by atoms with Crippen LogP contribution in [-0.2, 0) is 0 Å². The number of piperazine rings is 1. The molecule has 0 bridgehead atoms. The molecular weight excluding hydrogens is 274 g/mol. The first-order valence-corrected chi connectivity index (χ1v) is 7.39. The molecule has 0 radical (unpaired) electrons. The Morgan fingerprint density at radius 2 is 2.00 bits per heavy atom. The molecule has 1 saturated heterocycles. The van der Waals surface area contributed by atoms with Gasteiger partial charge in [-0.15, -0.1) is 0 Å². The molecule has 0 unspecified atom stereocenters. The van der Waals surface area contributed by atoms with E-state index in [4.69, 9.17) is 11.6 Å². The molecule has 0 saturated carbocycles. The number of rotatable bonds is 4. The summed E-state index contributed by atoms with van der Waals surface area (Å²) in [5, 5.41) is 3.45. The highest BCUT2D eigenvalue weighted by atomic mass is 35.5. The van der Waals surface area contributed by atoms with E-state index in [2.05, 4.69) is 22.2 Å². The van der Waals surface area contributed by atoms with Gasteiger partial charge in [0.25, 0.3) is 5.91 Å². The quantitative estimate of drug-likeness (QED) is 0.917. The molecule has 0 aromatic heterocycles. The monoisotopic (exact) mass is 295 g/mol. The van der Waals surface area contributed by atoms with E-state index < -0.39 is 0 Å². The first-order valence-electron chi connectivity index (χ1n) is 7.01. The Kier molecular flexibility index (Phi) is 5.40. The topological polar surface area (TPSA) is 35.6 Å². The fourth-order valence-electron chi connectivity index (χ4n) is 2.30. The van der Waals surface area contributed by atoms with Crippen molar-refractivity contribution in [3.63, 3.8) is 0 Å². The summed E-state index contributed by atoms with van der Waals surface area (Å²) >= 11 is 6.09. The zero-order chi connectivity index (χ0) is 14.5. The predicted octanol–water partition coefficient (Wildman–Crippen LogP) is 1.63. The highest BCUT2D eigenvalue weighted by molar-refractivity contribution is 6.33. The number of likely N-dealkylation sites (N-methyl/N-ethyl adjacent to an activating group) is 1. The number of aryl methyl sites for hydroxylation is 1. The summed E-state index contributed by atoms with van der Waals surface area (Å²) < 4.78 is 0. The number of carbonyl (C=O) groups is 1. The maximum Gasteiger partial charge on any atom is 0.252 e. The van der Waals surface area contributed by atoms with Crippen LogP contribution < -0.4 is 5.32 Å². The zero-order valence-corrected chi connectivity index (χ0v) is 12.9. The molecule has 0 atom stereocenters. The number of halogens is 1. The van der Waals surface area contributed by atoms with Crippen LogP contribution in [-0.4, -0.2) is 62.0 Å². The minimum Gasteiger partial charge on any atom is -0.351 e. The van der Waals surface area contributed by atoms with Gasteiger partial charge in [0.05, 0.1) is 10.6 Å². The maximum absolute atomic E-state index is 12.0. The smallest absolute Gasteiger partial charge is 0.252 e. The van der Waals surface area contributed by atoms with E-state index in [0.29, 0.717) is 17.1 Å². The van der Waals surface area contributed by atoms with Gasteiger partial charge in [-0.25, -0.2) is 0 Å². The second kappa shape index (κ2) is 7.07. The molecule has 0 spiro atoms. The molecule has 1 aromatic rings. The van der Waals surface area contributed by atoms with Crippen LogP contribution in [0, 0.1) is 6.92 Å². The lowest BCUT2D eigenvalue weighted by atomic mass is 10.1. The minimum atomic E-state index is -0.0934. The number of nitrogens with zero attached hydrogens (tertiary/aromatic N) is 2. The molecule has 1 aromatic carbocycles. The third kappa shape index (κ3) is 4.20. The van der Waals surface area contributed by atoms with Crippen molar-refractivity contribution in [1.29, 1.82) is 0 Å². The molecule has 1 amide bonds.